The van der Waals surface area contributed by atoms with E-state index in [-0.39, 0.29) is 0 Å². The first-order chi connectivity index (χ1) is 6.80. The zero-order valence-corrected chi connectivity index (χ0v) is 7.89. The smallest absolute Gasteiger partial charge is 0.245 e. The molecule has 8 heteroatoms. The van der Waals surface area contributed by atoms with Gasteiger partial charge in [0.15, 0.2) is 5.03 Å². The normalized spacial score (nSPS) is 13.1. The van der Waals surface area contributed by atoms with Gasteiger partial charge >= 0.3 is 11.7 Å². The first kappa shape index (κ1) is 11.9. The van der Waals surface area contributed by atoms with E-state index in [9.17, 15) is 26.0 Å². The summed E-state index contributed by atoms with van der Waals surface area (Å²) < 4.78 is 70.9. The minimum absolute atomic E-state index is 0.728. The molecule has 1 aromatic rings. The molecule has 0 aliphatic rings. The lowest BCUT2D eigenvalue weighted by Gasteiger charge is -2.14. The number of hydrogen-bond acceptors (Lipinski definition) is 3. The highest BCUT2D eigenvalue weighted by atomic mass is 32.2. The summed E-state index contributed by atoms with van der Waals surface area (Å²) >= 11 is 0. The molecule has 0 atom stereocenters. The van der Waals surface area contributed by atoms with Gasteiger partial charge in [-0.1, -0.05) is 6.07 Å². The van der Waals surface area contributed by atoms with Crippen LogP contribution in [-0.4, -0.2) is 25.1 Å². The minimum atomic E-state index is -5.43. The van der Waals surface area contributed by atoms with E-state index in [0.717, 1.165) is 18.3 Å². The SMILES string of the molecule is O=S(=O)(c1ccccn1)C(F)(F)C(F)F. The number of halogens is 4. The van der Waals surface area contributed by atoms with Crippen molar-refractivity contribution in [1.82, 2.24) is 4.98 Å². The van der Waals surface area contributed by atoms with Gasteiger partial charge in [-0.25, -0.2) is 22.2 Å². The monoisotopic (exact) mass is 243 g/mol. The summed E-state index contributed by atoms with van der Waals surface area (Å²) in [6.45, 7) is 0. The summed E-state index contributed by atoms with van der Waals surface area (Å²) in [7, 11) is -5.43. The largest absolute Gasteiger partial charge is 0.410 e. The predicted molar refractivity (Wildman–Crippen MR) is 42.4 cm³/mol. The number of rotatable bonds is 3. The van der Waals surface area contributed by atoms with Crippen LogP contribution in [0.1, 0.15) is 0 Å². The Morgan fingerprint density at radius 1 is 1.27 bits per heavy atom. The molecule has 0 fully saturated rings. The summed E-state index contributed by atoms with van der Waals surface area (Å²) in [5.74, 6) is 0. The van der Waals surface area contributed by atoms with Crippen molar-refractivity contribution >= 4 is 9.84 Å². The van der Waals surface area contributed by atoms with Gasteiger partial charge < -0.3 is 0 Å². The summed E-state index contributed by atoms with van der Waals surface area (Å²) in [6.07, 6.45) is -3.36. The maximum atomic E-state index is 12.6. The molecule has 3 nitrogen and oxygen atoms in total. The van der Waals surface area contributed by atoms with Crippen molar-refractivity contribution in [2.75, 3.05) is 0 Å². The van der Waals surface area contributed by atoms with Crippen LogP contribution in [0.3, 0.4) is 0 Å². The van der Waals surface area contributed by atoms with E-state index in [1.807, 2.05) is 0 Å². The zero-order chi connectivity index (χ0) is 11.7. The van der Waals surface area contributed by atoms with Gasteiger partial charge in [-0.05, 0) is 12.1 Å². The second-order valence-electron chi connectivity index (χ2n) is 2.53. The van der Waals surface area contributed by atoms with Crippen LogP contribution in [0.5, 0.6) is 0 Å². The second kappa shape index (κ2) is 3.76. The van der Waals surface area contributed by atoms with Gasteiger partial charge in [-0.3, -0.25) is 0 Å². The highest BCUT2D eigenvalue weighted by Crippen LogP contribution is 2.33. The molecule has 0 aliphatic heterocycles. The quantitative estimate of drug-likeness (QED) is 0.759. The van der Waals surface area contributed by atoms with E-state index in [0.29, 0.717) is 0 Å². The first-order valence-corrected chi connectivity index (χ1v) is 5.10. The molecule has 1 aromatic heterocycles. The van der Waals surface area contributed by atoms with Gasteiger partial charge in [0.25, 0.3) is 9.84 Å². The van der Waals surface area contributed by atoms with Crippen molar-refractivity contribution in [3.05, 3.63) is 24.4 Å². The molecule has 0 radical (unpaired) electrons. The van der Waals surface area contributed by atoms with Crippen LogP contribution in [0.2, 0.25) is 0 Å². The van der Waals surface area contributed by atoms with Gasteiger partial charge in [-0.2, -0.15) is 8.78 Å². The molecule has 1 rings (SSSR count). The molecule has 0 amide bonds. The third-order valence-corrected chi connectivity index (χ3v) is 3.21. The Kier molecular flexibility index (Phi) is 2.98. The van der Waals surface area contributed by atoms with Gasteiger partial charge in [0.05, 0.1) is 0 Å². The Morgan fingerprint density at radius 3 is 2.27 bits per heavy atom. The van der Waals surface area contributed by atoms with Crippen molar-refractivity contribution in [3.63, 3.8) is 0 Å². The van der Waals surface area contributed by atoms with E-state index in [4.69, 9.17) is 0 Å². The first-order valence-electron chi connectivity index (χ1n) is 3.62. The van der Waals surface area contributed by atoms with Crippen LogP contribution in [-0.2, 0) is 9.84 Å². The number of hydrogen-bond donors (Lipinski definition) is 0. The minimum Gasteiger partial charge on any atom is -0.245 e. The van der Waals surface area contributed by atoms with E-state index in [2.05, 4.69) is 4.98 Å². The molecule has 15 heavy (non-hydrogen) atoms. The summed E-state index contributed by atoms with van der Waals surface area (Å²) in [5.41, 5.74) is 0. The van der Waals surface area contributed by atoms with Crippen LogP contribution >= 0.6 is 0 Å². The van der Waals surface area contributed by atoms with Gasteiger partial charge in [-0.15, -0.1) is 0 Å². The average molecular weight is 243 g/mol. The maximum Gasteiger partial charge on any atom is 0.410 e. The Morgan fingerprint density at radius 2 is 1.87 bits per heavy atom. The Labute approximate surface area is 82.7 Å². The number of aromatic nitrogens is 1. The summed E-state index contributed by atoms with van der Waals surface area (Å²) in [6, 6.07) is 3.12. The van der Waals surface area contributed by atoms with Crippen molar-refractivity contribution in [2.45, 2.75) is 16.7 Å². The van der Waals surface area contributed by atoms with E-state index in [1.165, 1.54) is 6.07 Å². The standard InChI is InChI=1S/C7H5F4NO2S/c8-6(9)7(10,11)15(13,14)5-3-1-2-4-12-5/h1-4,6H. The average Bonchev–Trinajstić information content (AvgIpc) is 2.18. The Hall–Kier alpha value is -1.18. The van der Waals surface area contributed by atoms with Crippen molar-refractivity contribution in [3.8, 4) is 0 Å². The molecule has 0 spiro atoms. The maximum absolute atomic E-state index is 12.6. The van der Waals surface area contributed by atoms with Gasteiger partial charge in [0, 0.05) is 6.20 Å². The van der Waals surface area contributed by atoms with E-state index < -0.39 is 26.5 Å². The third-order valence-electron chi connectivity index (χ3n) is 1.53. The van der Waals surface area contributed by atoms with E-state index in [1.54, 1.807) is 0 Å². The Bertz CT molecular complexity index is 432. The van der Waals surface area contributed by atoms with Crippen LogP contribution < -0.4 is 0 Å². The molecule has 0 bridgehead atoms. The lowest BCUT2D eigenvalue weighted by molar-refractivity contribution is -0.0638. The van der Waals surface area contributed by atoms with Crippen LogP contribution in [0.15, 0.2) is 29.4 Å². The van der Waals surface area contributed by atoms with Crippen LogP contribution in [0, 0.1) is 0 Å². The number of alkyl halides is 4. The number of nitrogens with zero attached hydrogens (tertiary/aromatic N) is 1. The van der Waals surface area contributed by atoms with Crippen molar-refractivity contribution in [1.29, 1.82) is 0 Å². The molecule has 0 aromatic carbocycles. The topological polar surface area (TPSA) is 47.0 Å². The van der Waals surface area contributed by atoms with Gasteiger partial charge in [0.1, 0.15) is 0 Å². The Balaban J connectivity index is 3.27. The second-order valence-corrected chi connectivity index (χ2v) is 4.50. The van der Waals surface area contributed by atoms with Crippen LogP contribution in [0.25, 0.3) is 0 Å². The lowest BCUT2D eigenvalue weighted by atomic mass is 10.5. The molecule has 0 saturated heterocycles. The molecule has 0 unspecified atom stereocenters. The lowest BCUT2D eigenvalue weighted by Crippen LogP contribution is -2.36. The molecule has 0 saturated carbocycles. The fourth-order valence-corrected chi connectivity index (χ4v) is 1.73. The predicted octanol–water partition coefficient (Wildman–Crippen LogP) is 1.71. The van der Waals surface area contributed by atoms with Crippen LogP contribution in [0.4, 0.5) is 17.6 Å². The molecule has 0 N–H and O–H groups in total. The number of pyridine rings is 1. The third kappa shape index (κ3) is 1.94. The molecule has 84 valence electrons. The highest BCUT2D eigenvalue weighted by Gasteiger charge is 2.55. The zero-order valence-electron chi connectivity index (χ0n) is 7.07. The van der Waals surface area contributed by atoms with E-state index >= 15 is 0 Å². The molecule has 0 aliphatic carbocycles. The molecular weight excluding hydrogens is 238 g/mol. The van der Waals surface area contributed by atoms with Crippen molar-refractivity contribution < 1.29 is 26.0 Å². The highest BCUT2D eigenvalue weighted by molar-refractivity contribution is 7.92. The molecular formula is C7H5F4NO2S. The fourth-order valence-electron chi connectivity index (χ4n) is 0.763. The van der Waals surface area contributed by atoms with Crippen molar-refractivity contribution in [2.24, 2.45) is 0 Å². The summed E-state index contributed by atoms with van der Waals surface area (Å²) in [4.78, 5) is 3.10. The summed E-state index contributed by atoms with van der Waals surface area (Å²) in [5, 5.41) is -6.20. The van der Waals surface area contributed by atoms with Gasteiger partial charge in [0.2, 0.25) is 0 Å². The molecule has 1 heterocycles. The number of sulfone groups is 1. The fraction of sp³-hybridized carbons (Fsp3) is 0.286.